The molecule has 3 aromatic rings. The molecule has 0 bridgehead atoms. The van der Waals surface area contributed by atoms with E-state index in [0.717, 1.165) is 5.56 Å². The molecule has 0 saturated carbocycles. The summed E-state index contributed by atoms with van der Waals surface area (Å²) >= 11 is 0. The lowest BCUT2D eigenvalue weighted by atomic mass is 10.1. The van der Waals surface area contributed by atoms with Gasteiger partial charge in [-0.1, -0.05) is 56.3 Å². The zero-order valence-corrected chi connectivity index (χ0v) is 22.9. The summed E-state index contributed by atoms with van der Waals surface area (Å²) < 4.78 is 0. The number of nitrogens with zero attached hydrogens (tertiary/aromatic N) is 3. The molecule has 0 spiro atoms. The predicted molar refractivity (Wildman–Crippen MR) is 153 cm³/mol. The normalized spacial score (nSPS) is 14.7. The fourth-order valence-corrected chi connectivity index (χ4v) is 4.42. The second-order valence-corrected chi connectivity index (χ2v) is 9.00. The molecule has 2 aliphatic rings. The molecule has 3 heterocycles. The Balaban J connectivity index is 0.00000189. The fraction of sp³-hybridized carbons (Fsp3) is 0.233. The SMILES string of the molecule is CC.O=C1NC(=O)C(Nc2cccc(C(=O)N3CCN(C(=O)c4ccccn4)CC3)c2O)=C1NCc1ccccc1. The summed E-state index contributed by atoms with van der Waals surface area (Å²) in [5.41, 5.74) is 1.37. The van der Waals surface area contributed by atoms with Crippen LogP contribution in [0.4, 0.5) is 5.69 Å². The quantitative estimate of drug-likeness (QED) is 0.257. The van der Waals surface area contributed by atoms with E-state index < -0.39 is 17.7 Å². The molecule has 11 heteroatoms. The van der Waals surface area contributed by atoms with Gasteiger partial charge in [-0.15, -0.1) is 0 Å². The molecule has 0 aliphatic carbocycles. The predicted octanol–water partition coefficient (Wildman–Crippen LogP) is 2.48. The van der Waals surface area contributed by atoms with E-state index in [0.29, 0.717) is 25.3 Å². The van der Waals surface area contributed by atoms with Crippen molar-refractivity contribution in [1.82, 2.24) is 25.4 Å². The number of rotatable bonds is 7. The molecular weight excluding hydrogens is 524 g/mol. The number of phenolic OH excluding ortho intramolecular Hbond substituents is 1. The van der Waals surface area contributed by atoms with Gasteiger partial charge in [0, 0.05) is 38.9 Å². The second kappa shape index (κ2) is 13.2. The number of benzene rings is 2. The van der Waals surface area contributed by atoms with Crippen LogP contribution in [0.15, 0.2) is 84.3 Å². The van der Waals surface area contributed by atoms with Crippen molar-refractivity contribution in [2.75, 3.05) is 31.5 Å². The average Bonchev–Trinajstić information content (AvgIpc) is 3.29. The Labute approximate surface area is 237 Å². The van der Waals surface area contributed by atoms with Gasteiger partial charge in [0.25, 0.3) is 23.6 Å². The molecule has 212 valence electrons. The van der Waals surface area contributed by atoms with Gasteiger partial charge >= 0.3 is 0 Å². The smallest absolute Gasteiger partial charge is 0.276 e. The number of aromatic nitrogens is 1. The molecular formula is C30H32N6O5. The Kier molecular flexibility index (Phi) is 9.31. The summed E-state index contributed by atoms with van der Waals surface area (Å²) in [6.45, 7) is 5.52. The van der Waals surface area contributed by atoms with Crippen LogP contribution < -0.4 is 16.0 Å². The molecule has 11 nitrogen and oxygen atoms in total. The number of carbonyl (C=O) groups is 4. The van der Waals surface area contributed by atoms with Crippen LogP contribution in [0.25, 0.3) is 0 Å². The highest BCUT2D eigenvalue weighted by Crippen LogP contribution is 2.31. The van der Waals surface area contributed by atoms with Gasteiger partial charge in [-0.2, -0.15) is 0 Å². The van der Waals surface area contributed by atoms with Crippen molar-refractivity contribution in [3.8, 4) is 5.75 Å². The lowest BCUT2D eigenvalue weighted by Crippen LogP contribution is -2.50. The first-order valence-electron chi connectivity index (χ1n) is 13.4. The molecule has 4 N–H and O–H groups in total. The van der Waals surface area contributed by atoms with Crippen LogP contribution in [0, 0.1) is 0 Å². The number of nitrogens with one attached hydrogen (secondary N) is 3. The molecule has 0 atom stereocenters. The van der Waals surface area contributed by atoms with Crippen molar-refractivity contribution in [2.24, 2.45) is 0 Å². The number of phenols is 1. The maximum atomic E-state index is 13.3. The topological polar surface area (TPSA) is 144 Å². The van der Waals surface area contributed by atoms with Gasteiger partial charge in [0.15, 0.2) is 5.75 Å². The molecule has 2 aliphatic heterocycles. The van der Waals surface area contributed by atoms with Crippen molar-refractivity contribution >= 4 is 29.3 Å². The van der Waals surface area contributed by atoms with Crippen LogP contribution in [0.2, 0.25) is 0 Å². The van der Waals surface area contributed by atoms with Gasteiger partial charge in [-0.05, 0) is 29.8 Å². The standard InChI is InChI=1S/C28H26N6O5.C2H6/c35-24-19(27(38)33-13-15-34(16-14-33)28(39)21-10-4-5-12-29-21)9-6-11-20(24)31-23-22(25(36)32-26(23)37)30-17-18-7-2-1-3-8-18;1-2/h1-12,35H,13-17H2,(H3,30,31,32,36,37);1-2H3. The number of hydrogen-bond donors (Lipinski definition) is 4. The Hall–Kier alpha value is -5.19. The lowest BCUT2D eigenvalue weighted by Gasteiger charge is -2.34. The molecule has 0 radical (unpaired) electrons. The minimum absolute atomic E-state index is 0.0358. The van der Waals surface area contributed by atoms with Gasteiger partial charge in [-0.25, -0.2) is 0 Å². The number of hydrogen-bond acceptors (Lipinski definition) is 8. The molecule has 5 rings (SSSR count). The molecule has 1 aromatic heterocycles. The fourth-order valence-electron chi connectivity index (χ4n) is 4.42. The molecule has 4 amide bonds. The van der Waals surface area contributed by atoms with Crippen molar-refractivity contribution in [2.45, 2.75) is 20.4 Å². The average molecular weight is 557 g/mol. The van der Waals surface area contributed by atoms with E-state index in [9.17, 15) is 24.3 Å². The summed E-state index contributed by atoms with van der Waals surface area (Å²) in [6, 6.07) is 19.0. The second-order valence-electron chi connectivity index (χ2n) is 9.00. The first-order valence-corrected chi connectivity index (χ1v) is 13.4. The minimum atomic E-state index is -0.652. The third-order valence-electron chi connectivity index (χ3n) is 6.51. The van der Waals surface area contributed by atoms with Gasteiger partial charge in [0.1, 0.15) is 17.1 Å². The molecule has 2 aromatic carbocycles. The lowest BCUT2D eigenvalue weighted by molar-refractivity contribution is -0.124. The van der Waals surface area contributed by atoms with Crippen LogP contribution in [0.5, 0.6) is 5.75 Å². The molecule has 1 fully saturated rings. The number of carbonyl (C=O) groups excluding carboxylic acids is 4. The largest absolute Gasteiger partial charge is 0.505 e. The highest BCUT2D eigenvalue weighted by Gasteiger charge is 2.32. The van der Waals surface area contributed by atoms with Crippen molar-refractivity contribution in [3.63, 3.8) is 0 Å². The Morgan fingerprint density at radius 3 is 2.12 bits per heavy atom. The van der Waals surface area contributed by atoms with Crippen molar-refractivity contribution < 1.29 is 24.3 Å². The number of para-hydroxylation sites is 1. The summed E-state index contributed by atoms with van der Waals surface area (Å²) in [4.78, 5) is 58.1. The zero-order valence-electron chi connectivity index (χ0n) is 22.9. The highest BCUT2D eigenvalue weighted by atomic mass is 16.3. The van der Waals surface area contributed by atoms with E-state index in [1.807, 2.05) is 44.2 Å². The third kappa shape index (κ3) is 6.52. The summed E-state index contributed by atoms with van der Waals surface area (Å²) in [7, 11) is 0. The summed E-state index contributed by atoms with van der Waals surface area (Å²) in [5.74, 6) is -2.21. The van der Waals surface area contributed by atoms with Crippen LogP contribution >= 0.6 is 0 Å². The van der Waals surface area contributed by atoms with E-state index in [-0.39, 0.29) is 47.4 Å². The number of anilines is 1. The van der Waals surface area contributed by atoms with Crippen LogP contribution in [0.3, 0.4) is 0 Å². The van der Waals surface area contributed by atoms with E-state index in [4.69, 9.17) is 0 Å². The molecule has 1 saturated heterocycles. The summed E-state index contributed by atoms with van der Waals surface area (Å²) in [5, 5.41) is 19.0. The van der Waals surface area contributed by atoms with Gasteiger partial charge in [-0.3, -0.25) is 29.5 Å². The Morgan fingerprint density at radius 2 is 1.46 bits per heavy atom. The first kappa shape index (κ1) is 28.8. The molecule has 41 heavy (non-hydrogen) atoms. The molecule has 0 unspecified atom stereocenters. The maximum absolute atomic E-state index is 13.3. The van der Waals surface area contributed by atoms with E-state index >= 15 is 0 Å². The minimum Gasteiger partial charge on any atom is -0.505 e. The number of amides is 4. The third-order valence-corrected chi connectivity index (χ3v) is 6.51. The van der Waals surface area contributed by atoms with Gasteiger partial charge < -0.3 is 25.5 Å². The first-order chi connectivity index (χ1) is 19.9. The number of aromatic hydroxyl groups is 1. The van der Waals surface area contributed by atoms with E-state index in [2.05, 4.69) is 20.9 Å². The van der Waals surface area contributed by atoms with Gasteiger partial charge in [0.05, 0.1) is 11.3 Å². The summed E-state index contributed by atoms with van der Waals surface area (Å²) in [6.07, 6.45) is 1.56. The van der Waals surface area contributed by atoms with Crippen LogP contribution in [-0.4, -0.2) is 69.7 Å². The number of imide groups is 1. The number of pyridine rings is 1. The van der Waals surface area contributed by atoms with Crippen LogP contribution in [0.1, 0.15) is 40.3 Å². The maximum Gasteiger partial charge on any atom is 0.276 e. The zero-order chi connectivity index (χ0) is 29.4. The highest BCUT2D eigenvalue weighted by molar-refractivity contribution is 6.20. The van der Waals surface area contributed by atoms with Crippen molar-refractivity contribution in [3.05, 3.63) is 101 Å². The Morgan fingerprint density at radius 1 is 0.829 bits per heavy atom. The van der Waals surface area contributed by atoms with Crippen LogP contribution in [-0.2, 0) is 16.1 Å². The number of piperazine rings is 1. The monoisotopic (exact) mass is 556 g/mol. The van der Waals surface area contributed by atoms with Gasteiger partial charge in [0.2, 0.25) is 0 Å². The van der Waals surface area contributed by atoms with E-state index in [1.54, 1.807) is 40.3 Å². The van der Waals surface area contributed by atoms with E-state index in [1.165, 1.54) is 12.1 Å². The Bertz CT molecular complexity index is 1450. The van der Waals surface area contributed by atoms with Crippen molar-refractivity contribution in [1.29, 1.82) is 0 Å².